The highest BCUT2D eigenvalue weighted by atomic mass is 16.4. The van der Waals surface area contributed by atoms with Crippen molar-refractivity contribution in [3.8, 4) is 0 Å². The Hall–Kier alpha value is -1.10. The normalized spacial score (nSPS) is 30.4. The topological polar surface area (TPSA) is 69.6 Å². The van der Waals surface area contributed by atoms with Crippen molar-refractivity contribution in [2.24, 2.45) is 5.92 Å². The van der Waals surface area contributed by atoms with Crippen molar-refractivity contribution in [2.45, 2.75) is 70.0 Å². The van der Waals surface area contributed by atoms with Crippen LogP contribution in [0.1, 0.15) is 52.4 Å². The molecular weight excluding hydrogens is 256 g/mol. The molecule has 2 N–H and O–H groups in total. The Morgan fingerprint density at radius 1 is 1.15 bits per heavy atom. The Kier molecular flexibility index (Phi) is 4.37. The first-order chi connectivity index (χ1) is 9.34. The maximum Gasteiger partial charge on any atom is 0.329 e. The van der Waals surface area contributed by atoms with E-state index in [-0.39, 0.29) is 11.9 Å². The van der Waals surface area contributed by atoms with Gasteiger partial charge in [-0.05, 0) is 45.4 Å². The van der Waals surface area contributed by atoms with Crippen molar-refractivity contribution >= 4 is 11.9 Å². The summed E-state index contributed by atoms with van der Waals surface area (Å²) in [4.78, 5) is 25.2. The van der Waals surface area contributed by atoms with Crippen LogP contribution in [0.3, 0.4) is 0 Å². The minimum Gasteiger partial charge on any atom is -0.480 e. The van der Waals surface area contributed by atoms with Gasteiger partial charge in [-0.3, -0.25) is 4.79 Å². The van der Waals surface area contributed by atoms with Crippen molar-refractivity contribution in [1.82, 2.24) is 10.2 Å². The van der Waals surface area contributed by atoms with Crippen LogP contribution >= 0.6 is 0 Å². The third-order valence-electron chi connectivity index (χ3n) is 5.14. The number of piperidine rings is 1. The molecular formula is C15H26N2O3. The minimum absolute atomic E-state index is 0.0959. The monoisotopic (exact) mass is 282 g/mol. The third kappa shape index (κ3) is 2.82. The fourth-order valence-corrected chi connectivity index (χ4v) is 3.34. The average molecular weight is 282 g/mol. The predicted octanol–water partition coefficient (Wildman–Crippen LogP) is 1.62. The molecule has 1 saturated heterocycles. The van der Waals surface area contributed by atoms with Crippen LogP contribution in [0.5, 0.6) is 0 Å². The SMILES string of the molecule is CN(C(=O)C1CCC2CCCCC2N1)C(C)(C)C(=O)O. The Morgan fingerprint density at radius 3 is 2.45 bits per heavy atom. The molecule has 2 rings (SSSR count). The van der Waals surface area contributed by atoms with Gasteiger partial charge in [0.1, 0.15) is 5.54 Å². The maximum atomic E-state index is 12.5. The molecule has 0 aromatic heterocycles. The number of likely N-dealkylation sites (N-methyl/N-ethyl adjacent to an activating group) is 1. The summed E-state index contributed by atoms with van der Waals surface area (Å²) in [5.74, 6) is -0.369. The second-order valence-electron chi connectivity index (χ2n) is 6.71. The van der Waals surface area contributed by atoms with Crippen molar-refractivity contribution < 1.29 is 14.7 Å². The summed E-state index contributed by atoms with van der Waals surface area (Å²) in [5, 5.41) is 12.7. The molecule has 5 nitrogen and oxygen atoms in total. The van der Waals surface area contributed by atoms with E-state index in [0.29, 0.717) is 12.0 Å². The van der Waals surface area contributed by atoms with E-state index in [0.717, 1.165) is 19.3 Å². The number of hydrogen-bond acceptors (Lipinski definition) is 3. The molecule has 0 spiro atoms. The molecule has 0 aromatic carbocycles. The summed E-state index contributed by atoms with van der Waals surface area (Å²) in [6, 6.07) is 0.214. The van der Waals surface area contributed by atoms with Crippen LogP contribution in [0.4, 0.5) is 0 Å². The lowest BCUT2D eigenvalue weighted by Gasteiger charge is -2.42. The number of nitrogens with zero attached hydrogens (tertiary/aromatic N) is 1. The Bertz CT molecular complexity index is 395. The lowest BCUT2D eigenvalue weighted by Crippen LogP contribution is -2.60. The zero-order chi connectivity index (χ0) is 14.9. The summed E-state index contributed by atoms with van der Waals surface area (Å²) >= 11 is 0. The van der Waals surface area contributed by atoms with Gasteiger partial charge in [-0.15, -0.1) is 0 Å². The lowest BCUT2D eigenvalue weighted by molar-refractivity contribution is -0.156. The molecule has 20 heavy (non-hydrogen) atoms. The zero-order valence-electron chi connectivity index (χ0n) is 12.7. The molecule has 0 aromatic rings. The van der Waals surface area contributed by atoms with Gasteiger partial charge in [0.05, 0.1) is 6.04 Å². The fraction of sp³-hybridized carbons (Fsp3) is 0.867. The zero-order valence-corrected chi connectivity index (χ0v) is 12.7. The average Bonchev–Trinajstić information content (AvgIpc) is 2.44. The molecule has 3 atom stereocenters. The smallest absolute Gasteiger partial charge is 0.329 e. The number of fused-ring (bicyclic) bond motifs is 1. The summed E-state index contributed by atoms with van der Waals surface area (Å²) in [7, 11) is 1.59. The largest absolute Gasteiger partial charge is 0.480 e. The molecule has 1 aliphatic carbocycles. The van der Waals surface area contributed by atoms with E-state index in [2.05, 4.69) is 5.32 Å². The number of carbonyl (C=O) groups excluding carboxylic acids is 1. The van der Waals surface area contributed by atoms with Gasteiger partial charge in [0, 0.05) is 13.1 Å². The highest BCUT2D eigenvalue weighted by Gasteiger charge is 2.41. The summed E-state index contributed by atoms with van der Waals surface area (Å²) in [6.07, 6.45) is 6.82. The number of carbonyl (C=O) groups is 2. The molecule has 1 aliphatic heterocycles. The van der Waals surface area contributed by atoms with Crippen molar-refractivity contribution in [1.29, 1.82) is 0 Å². The first kappa shape index (κ1) is 15.3. The number of amides is 1. The summed E-state index contributed by atoms with van der Waals surface area (Å²) in [5.41, 5.74) is -1.16. The van der Waals surface area contributed by atoms with Gasteiger partial charge in [-0.25, -0.2) is 4.79 Å². The standard InChI is InChI=1S/C15H26N2O3/c1-15(2,14(19)20)17(3)13(18)12-9-8-10-6-4-5-7-11(10)16-12/h10-12,16H,4-9H2,1-3H3,(H,19,20). The van der Waals surface area contributed by atoms with Gasteiger partial charge in [-0.1, -0.05) is 12.8 Å². The van der Waals surface area contributed by atoms with Crippen LogP contribution in [-0.4, -0.2) is 46.6 Å². The molecule has 0 radical (unpaired) electrons. The molecule has 5 heteroatoms. The minimum atomic E-state index is -1.16. The number of nitrogens with one attached hydrogen (secondary N) is 1. The fourth-order valence-electron chi connectivity index (χ4n) is 3.34. The number of aliphatic carboxylic acids is 1. The van der Waals surface area contributed by atoms with Gasteiger partial charge in [0.25, 0.3) is 0 Å². The summed E-state index contributed by atoms with van der Waals surface area (Å²) in [6.45, 7) is 3.14. The third-order valence-corrected chi connectivity index (χ3v) is 5.14. The van der Waals surface area contributed by atoms with E-state index in [1.54, 1.807) is 20.9 Å². The molecule has 0 bridgehead atoms. The second kappa shape index (κ2) is 5.72. The van der Waals surface area contributed by atoms with Gasteiger partial charge < -0.3 is 15.3 Å². The molecule has 2 aliphatic rings. The van der Waals surface area contributed by atoms with Crippen LogP contribution in [0.15, 0.2) is 0 Å². The highest BCUT2D eigenvalue weighted by Crippen LogP contribution is 2.32. The Balaban J connectivity index is 2.01. The van der Waals surface area contributed by atoms with Crippen LogP contribution in [0, 0.1) is 5.92 Å². The van der Waals surface area contributed by atoms with E-state index in [4.69, 9.17) is 0 Å². The molecule has 114 valence electrons. The van der Waals surface area contributed by atoms with E-state index >= 15 is 0 Å². The highest BCUT2D eigenvalue weighted by molar-refractivity contribution is 5.89. The van der Waals surface area contributed by atoms with Crippen molar-refractivity contribution in [3.05, 3.63) is 0 Å². The molecule has 1 saturated carbocycles. The maximum absolute atomic E-state index is 12.5. The van der Waals surface area contributed by atoms with E-state index in [9.17, 15) is 14.7 Å². The number of carboxylic acids is 1. The van der Waals surface area contributed by atoms with Gasteiger partial charge in [0.2, 0.25) is 5.91 Å². The van der Waals surface area contributed by atoms with E-state index in [1.807, 2.05) is 0 Å². The van der Waals surface area contributed by atoms with Crippen LogP contribution < -0.4 is 5.32 Å². The van der Waals surface area contributed by atoms with Gasteiger partial charge in [-0.2, -0.15) is 0 Å². The number of rotatable bonds is 3. The molecule has 1 heterocycles. The molecule has 1 amide bonds. The predicted molar refractivity (Wildman–Crippen MR) is 76.4 cm³/mol. The molecule has 2 fully saturated rings. The summed E-state index contributed by atoms with van der Waals surface area (Å²) < 4.78 is 0. The number of hydrogen-bond donors (Lipinski definition) is 2. The van der Waals surface area contributed by atoms with Crippen LogP contribution in [0.25, 0.3) is 0 Å². The van der Waals surface area contributed by atoms with Crippen LogP contribution in [-0.2, 0) is 9.59 Å². The quantitative estimate of drug-likeness (QED) is 0.825. The van der Waals surface area contributed by atoms with Gasteiger partial charge in [0.15, 0.2) is 0 Å². The first-order valence-corrected chi connectivity index (χ1v) is 7.61. The Morgan fingerprint density at radius 2 is 1.80 bits per heavy atom. The van der Waals surface area contributed by atoms with E-state index < -0.39 is 11.5 Å². The van der Waals surface area contributed by atoms with Crippen LogP contribution in [0.2, 0.25) is 0 Å². The Labute approximate surface area is 120 Å². The first-order valence-electron chi connectivity index (χ1n) is 7.61. The van der Waals surface area contributed by atoms with Crippen molar-refractivity contribution in [2.75, 3.05) is 7.05 Å². The molecule has 3 unspecified atom stereocenters. The van der Waals surface area contributed by atoms with E-state index in [1.165, 1.54) is 24.2 Å². The second-order valence-corrected chi connectivity index (χ2v) is 6.71. The lowest BCUT2D eigenvalue weighted by atomic mass is 9.77. The van der Waals surface area contributed by atoms with Crippen molar-refractivity contribution in [3.63, 3.8) is 0 Å². The number of carboxylic acid groups (broad SMARTS) is 1. The van der Waals surface area contributed by atoms with Gasteiger partial charge >= 0.3 is 5.97 Å².